The van der Waals surface area contributed by atoms with Crippen LogP contribution in [0.5, 0.6) is 0 Å². The van der Waals surface area contributed by atoms with E-state index >= 15 is 0 Å². The van der Waals surface area contributed by atoms with E-state index in [-0.39, 0.29) is 24.8 Å². The van der Waals surface area contributed by atoms with Crippen LogP contribution in [-0.4, -0.2) is 111 Å². The van der Waals surface area contributed by atoms with Gasteiger partial charge in [-0.25, -0.2) is 4.98 Å². The number of aromatic amines is 1. The van der Waals surface area contributed by atoms with Gasteiger partial charge in [0.05, 0.1) is 12.9 Å². The van der Waals surface area contributed by atoms with Crippen molar-refractivity contribution >= 4 is 47.3 Å². The molecule has 2 rings (SSSR count). The molecule has 1 fully saturated rings. The molecule has 1 saturated heterocycles. The summed E-state index contributed by atoms with van der Waals surface area (Å²) in [7, 11) is 0. The van der Waals surface area contributed by atoms with E-state index in [1.807, 2.05) is 6.92 Å². The molecule has 0 aromatic carbocycles. The van der Waals surface area contributed by atoms with Crippen molar-refractivity contribution in [2.24, 2.45) is 17.6 Å². The van der Waals surface area contributed by atoms with Crippen LogP contribution >= 0.6 is 0 Å². The standard InChI is InChI=1S/C33H54N10O8/c1-9-18(4)26(31(50)38-19(5)27(34)46)41-29(48)23-11-10-12-43(23)24(45)15-36-32(51)33(7,8)42-28(47)22(13-21-14-35-16-37-21)40-30(49)25(17(2)3)39-20(6)44/h14,16-19,22-23,25-26H,9-13,15H2,1-8H3,(H2,34,46)(H,35,37)(H,36,51)(H,38,50)(H,39,44)(H,40,49)(H,41,48)(H,42,47)/t18-,19-,22-,23-,25-,26-/m0/s1. The van der Waals surface area contributed by atoms with Crippen LogP contribution in [-0.2, 0) is 44.8 Å². The maximum atomic E-state index is 13.5. The normalized spacial score (nSPS) is 17.3. The van der Waals surface area contributed by atoms with Crippen LogP contribution in [0.2, 0.25) is 0 Å². The lowest BCUT2D eigenvalue weighted by molar-refractivity contribution is -0.141. The van der Waals surface area contributed by atoms with E-state index in [2.05, 4.69) is 41.9 Å². The number of rotatable bonds is 18. The number of carbonyl (C=O) groups excluding carboxylic acids is 8. The summed E-state index contributed by atoms with van der Waals surface area (Å²) in [6.45, 7) is 12.4. The highest BCUT2D eigenvalue weighted by Crippen LogP contribution is 2.19. The first kappa shape index (κ1) is 42.1. The maximum absolute atomic E-state index is 13.5. The van der Waals surface area contributed by atoms with Gasteiger partial charge in [-0.3, -0.25) is 38.4 Å². The molecule has 51 heavy (non-hydrogen) atoms. The molecule has 0 bridgehead atoms. The Kier molecular flexibility index (Phi) is 15.5. The van der Waals surface area contributed by atoms with E-state index in [4.69, 9.17) is 5.73 Å². The summed E-state index contributed by atoms with van der Waals surface area (Å²) in [5.41, 5.74) is 4.25. The zero-order valence-corrected chi connectivity index (χ0v) is 30.7. The minimum atomic E-state index is -1.55. The predicted molar refractivity (Wildman–Crippen MR) is 185 cm³/mol. The number of likely N-dealkylation sites (tertiary alicyclic amines) is 1. The minimum Gasteiger partial charge on any atom is -0.368 e. The van der Waals surface area contributed by atoms with Gasteiger partial charge in [-0.2, -0.15) is 0 Å². The van der Waals surface area contributed by atoms with Crippen molar-refractivity contribution in [2.45, 2.75) is 117 Å². The number of nitrogens with zero attached hydrogens (tertiary/aromatic N) is 2. The molecule has 0 radical (unpaired) electrons. The molecule has 284 valence electrons. The summed E-state index contributed by atoms with van der Waals surface area (Å²) in [5.74, 6) is -5.38. The first-order valence-electron chi connectivity index (χ1n) is 17.1. The quantitative estimate of drug-likeness (QED) is 0.0843. The molecule has 2 heterocycles. The van der Waals surface area contributed by atoms with Crippen molar-refractivity contribution in [3.8, 4) is 0 Å². The zero-order chi connectivity index (χ0) is 38.6. The molecule has 0 spiro atoms. The molecule has 0 unspecified atom stereocenters. The van der Waals surface area contributed by atoms with Gasteiger partial charge in [0.2, 0.25) is 47.3 Å². The molecule has 1 aromatic rings. The number of nitrogens with one attached hydrogen (secondary N) is 7. The third-order valence-electron chi connectivity index (χ3n) is 8.78. The van der Waals surface area contributed by atoms with E-state index < -0.39 is 89.6 Å². The second kappa shape index (κ2) is 18.8. The van der Waals surface area contributed by atoms with Gasteiger partial charge in [0, 0.05) is 31.8 Å². The van der Waals surface area contributed by atoms with Gasteiger partial charge >= 0.3 is 0 Å². The highest BCUT2D eigenvalue weighted by atomic mass is 16.2. The van der Waals surface area contributed by atoms with E-state index in [0.29, 0.717) is 25.0 Å². The van der Waals surface area contributed by atoms with Crippen LogP contribution in [0, 0.1) is 11.8 Å². The van der Waals surface area contributed by atoms with Crippen molar-refractivity contribution in [1.29, 1.82) is 0 Å². The number of carbonyl (C=O) groups is 8. The lowest BCUT2D eigenvalue weighted by Crippen LogP contribution is -2.62. The van der Waals surface area contributed by atoms with E-state index in [1.165, 1.54) is 45.1 Å². The molecule has 1 aromatic heterocycles. The molecule has 6 atom stereocenters. The first-order chi connectivity index (χ1) is 23.8. The fourth-order valence-electron chi connectivity index (χ4n) is 5.43. The average molecular weight is 719 g/mol. The van der Waals surface area contributed by atoms with Crippen LogP contribution in [0.4, 0.5) is 0 Å². The van der Waals surface area contributed by atoms with Gasteiger partial charge in [0.25, 0.3) is 0 Å². The molecule has 9 N–H and O–H groups in total. The topological polar surface area (TPSA) is 267 Å². The van der Waals surface area contributed by atoms with Crippen LogP contribution < -0.4 is 37.6 Å². The summed E-state index contributed by atoms with van der Waals surface area (Å²) in [5, 5.41) is 15.6. The molecule has 0 saturated carbocycles. The number of H-pyrrole nitrogens is 1. The van der Waals surface area contributed by atoms with E-state index in [0.717, 1.165) is 0 Å². The lowest BCUT2D eigenvalue weighted by atomic mass is 9.97. The number of amides is 8. The summed E-state index contributed by atoms with van der Waals surface area (Å²) >= 11 is 0. The van der Waals surface area contributed by atoms with Gasteiger partial charge in [-0.15, -0.1) is 0 Å². The fraction of sp³-hybridized carbons (Fsp3) is 0.667. The number of primary amides is 1. The van der Waals surface area contributed by atoms with E-state index in [9.17, 15) is 38.4 Å². The van der Waals surface area contributed by atoms with Crippen LogP contribution in [0.25, 0.3) is 0 Å². The van der Waals surface area contributed by atoms with Crippen LogP contribution in [0.15, 0.2) is 12.5 Å². The van der Waals surface area contributed by atoms with Gasteiger partial charge in [-0.1, -0.05) is 34.1 Å². The SMILES string of the molecule is CC[C@H](C)[C@H](NC(=O)[C@@H]1CCCN1C(=O)CNC(=O)C(C)(C)NC(=O)[C@H](Cc1cnc[nH]1)NC(=O)[C@@H](NC(C)=O)C(C)C)C(=O)N[C@@H](C)C(N)=O. The Bertz CT molecular complexity index is 1430. The van der Waals surface area contributed by atoms with Gasteiger partial charge in [-0.05, 0) is 45.4 Å². The number of hydrogen-bond acceptors (Lipinski definition) is 9. The Morgan fingerprint density at radius 2 is 1.61 bits per heavy atom. The Labute approximate surface area is 297 Å². The molecule has 18 heteroatoms. The van der Waals surface area contributed by atoms with Crippen molar-refractivity contribution in [3.05, 3.63) is 18.2 Å². The maximum Gasteiger partial charge on any atom is 0.245 e. The minimum absolute atomic E-state index is 0.000771. The van der Waals surface area contributed by atoms with Crippen molar-refractivity contribution in [2.75, 3.05) is 13.1 Å². The second-order valence-corrected chi connectivity index (χ2v) is 13.8. The van der Waals surface area contributed by atoms with Gasteiger partial charge in [0.1, 0.15) is 35.7 Å². The molecule has 1 aliphatic rings. The Morgan fingerprint density at radius 1 is 0.961 bits per heavy atom. The second-order valence-electron chi connectivity index (χ2n) is 13.8. The molecule has 0 aliphatic carbocycles. The lowest BCUT2D eigenvalue weighted by Gasteiger charge is -2.30. The third-order valence-corrected chi connectivity index (χ3v) is 8.78. The van der Waals surface area contributed by atoms with Crippen molar-refractivity contribution < 1.29 is 38.4 Å². The number of hydrogen-bond donors (Lipinski definition) is 8. The molecular weight excluding hydrogens is 664 g/mol. The fourth-order valence-corrected chi connectivity index (χ4v) is 5.43. The largest absolute Gasteiger partial charge is 0.368 e. The van der Waals surface area contributed by atoms with Crippen molar-refractivity contribution in [1.82, 2.24) is 46.8 Å². The van der Waals surface area contributed by atoms with Crippen molar-refractivity contribution in [3.63, 3.8) is 0 Å². The summed E-state index contributed by atoms with van der Waals surface area (Å²) in [4.78, 5) is 111. The van der Waals surface area contributed by atoms with Crippen LogP contribution in [0.1, 0.15) is 80.3 Å². The van der Waals surface area contributed by atoms with Gasteiger partial charge < -0.3 is 47.5 Å². The number of nitrogens with two attached hydrogens (primary N) is 1. The zero-order valence-electron chi connectivity index (χ0n) is 30.7. The van der Waals surface area contributed by atoms with E-state index in [1.54, 1.807) is 20.8 Å². The Morgan fingerprint density at radius 3 is 2.16 bits per heavy atom. The average Bonchev–Trinajstić information content (AvgIpc) is 3.76. The monoisotopic (exact) mass is 718 g/mol. The summed E-state index contributed by atoms with van der Waals surface area (Å²) in [6.07, 6.45) is 4.29. The number of aromatic nitrogens is 2. The van der Waals surface area contributed by atoms with Gasteiger partial charge in [0.15, 0.2) is 0 Å². The highest BCUT2D eigenvalue weighted by molar-refractivity contribution is 5.98. The first-order valence-corrected chi connectivity index (χ1v) is 17.1. The predicted octanol–water partition coefficient (Wildman–Crippen LogP) is -1.88. The van der Waals surface area contributed by atoms with Crippen LogP contribution in [0.3, 0.4) is 0 Å². The Balaban J connectivity index is 2.09. The Hall–Kier alpha value is -5.03. The highest BCUT2D eigenvalue weighted by Gasteiger charge is 2.39. The smallest absolute Gasteiger partial charge is 0.245 e. The summed E-state index contributed by atoms with van der Waals surface area (Å²) in [6, 6.07) is -4.90. The number of imidazole rings is 1. The third kappa shape index (κ3) is 12.4. The molecule has 1 aliphatic heterocycles. The summed E-state index contributed by atoms with van der Waals surface area (Å²) < 4.78 is 0. The molecule has 8 amide bonds. The molecule has 18 nitrogen and oxygen atoms in total. The molecular formula is C33H54N10O8.